The second kappa shape index (κ2) is 7.79. The molecule has 5 heteroatoms. The van der Waals surface area contributed by atoms with E-state index in [1.807, 2.05) is 42.5 Å². The van der Waals surface area contributed by atoms with E-state index in [1.165, 1.54) is 5.56 Å². The van der Waals surface area contributed by atoms with Gasteiger partial charge in [-0.2, -0.15) is 0 Å². The predicted molar refractivity (Wildman–Crippen MR) is 103 cm³/mol. The molecule has 0 aromatic heterocycles. The van der Waals surface area contributed by atoms with Gasteiger partial charge in [0.25, 0.3) is 0 Å². The summed E-state index contributed by atoms with van der Waals surface area (Å²) >= 11 is 2.22. The number of halogens is 1. The van der Waals surface area contributed by atoms with Crippen LogP contribution in [0.25, 0.3) is 0 Å². The summed E-state index contributed by atoms with van der Waals surface area (Å²) in [6, 6.07) is 17.7. The zero-order valence-corrected chi connectivity index (χ0v) is 15.4. The second-order valence-corrected chi connectivity index (χ2v) is 7.22. The Balaban J connectivity index is 1.53. The number of carbonyl (C=O) groups is 2. The molecule has 1 N–H and O–H groups in total. The summed E-state index contributed by atoms with van der Waals surface area (Å²) in [5.41, 5.74) is 1.98. The lowest BCUT2D eigenvalue weighted by atomic mass is 10.1. The van der Waals surface area contributed by atoms with Crippen molar-refractivity contribution in [1.82, 2.24) is 4.90 Å². The number of anilines is 1. The maximum atomic E-state index is 12.4. The zero-order chi connectivity index (χ0) is 16.9. The van der Waals surface area contributed by atoms with Gasteiger partial charge in [0.05, 0.1) is 5.92 Å². The minimum atomic E-state index is -0.271. The largest absolute Gasteiger partial charge is 0.342 e. The van der Waals surface area contributed by atoms with Crippen molar-refractivity contribution >= 4 is 40.1 Å². The summed E-state index contributed by atoms with van der Waals surface area (Å²) in [7, 11) is 0. The molecule has 3 rings (SSSR count). The quantitative estimate of drug-likeness (QED) is 0.735. The number of amides is 2. The molecule has 0 radical (unpaired) electrons. The van der Waals surface area contributed by atoms with Crippen LogP contribution in [-0.4, -0.2) is 29.8 Å². The van der Waals surface area contributed by atoms with Gasteiger partial charge in [0, 0.05) is 28.8 Å². The van der Waals surface area contributed by atoms with Gasteiger partial charge in [0.2, 0.25) is 11.8 Å². The average molecular weight is 434 g/mol. The molecule has 1 heterocycles. The summed E-state index contributed by atoms with van der Waals surface area (Å²) in [5.74, 6) is -0.284. The number of hydrogen-bond donors (Lipinski definition) is 1. The molecule has 0 bridgehead atoms. The molecule has 0 spiro atoms. The third kappa shape index (κ3) is 4.35. The number of nitrogens with zero attached hydrogens (tertiary/aromatic N) is 1. The molecule has 0 aliphatic carbocycles. The number of carbonyl (C=O) groups excluding carboxylic acids is 2. The Kier molecular flexibility index (Phi) is 5.50. The van der Waals surface area contributed by atoms with E-state index in [0.717, 1.165) is 15.7 Å². The van der Waals surface area contributed by atoms with E-state index in [-0.39, 0.29) is 17.7 Å². The molecule has 1 aliphatic heterocycles. The van der Waals surface area contributed by atoms with E-state index in [4.69, 9.17) is 0 Å². The summed E-state index contributed by atoms with van der Waals surface area (Å²) in [5, 5.41) is 2.90. The average Bonchev–Trinajstić information content (AvgIpc) is 2.97. The fourth-order valence-electron chi connectivity index (χ4n) is 2.85. The number of nitrogens with one attached hydrogen (secondary N) is 1. The van der Waals surface area contributed by atoms with Gasteiger partial charge in [-0.15, -0.1) is 0 Å². The fraction of sp³-hybridized carbons (Fsp3) is 0.263. The highest BCUT2D eigenvalue weighted by Crippen LogP contribution is 2.21. The normalized spacial score (nSPS) is 17.1. The highest BCUT2D eigenvalue weighted by molar-refractivity contribution is 14.1. The first-order chi connectivity index (χ1) is 11.6. The third-order valence-electron chi connectivity index (χ3n) is 4.21. The first-order valence-corrected chi connectivity index (χ1v) is 9.08. The molecular formula is C19H19IN2O2. The minimum Gasteiger partial charge on any atom is -0.342 e. The predicted octanol–water partition coefficient (Wildman–Crippen LogP) is 3.32. The topological polar surface area (TPSA) is 49.4 Å². The fourth-order valence-corrected chi connectivity index (χ4v) is 3.21. The van der Waals surface area contributed by atoms with Crippen LogP contribution >= 0.6 is 22.6 Å². The Bertz CT molecular complexity index is 716. The lowest BCUT2D eigenvalue weighted by Crippen LogP contribution is -2.30. The van der Waals surface area contributed by atoms with Crippen LogP contribution < -0.4 is 5.32 Å². The minimum absolute atomic E-state index is 0.0636. The Morgan fingerprint density at radius 3 is 2.54 bits per heavy atom. The molecule has 2 aromatic rings. The molecule has 0 saturated carbocycles. The smallest absolute Gasteiger partial charge is 0.229 e. The molecule has 124 valence electrons. The Labute approximate surface area is 155 Å². The van der Waals surface area contributed by atoms with Crippen molar-refractivity contribution in [3.8, 4) is 0 Å². The summed E-state index contributed by atoms with van der Waals surface area (Å²) < 4.78 is 1.12. The van der Waals surface area contributed by atoms with Crippen LogP contribution in [0.5, 0.6) is 0 Å². The van der Waals surface area contributed by atoms with Crippen molar-refractivity contribution in [2.24, 2.45) is 5.92 Å². The van der Waals surface area contributed by atoms with Gasteiger partial charge in [-0.25, -0.2) is 0 Å². The molecule has 1 fully saturated rings. The molecule has 0 unspecified atom stereocenters. The molecule has 2 aromatic carbocycles. The van der Waals surface area contributed by atoms with Gasteiger partial charge < -0.3 is 10.2 Å². The van der Waals surface area contributed by atoms with Crippen molar-refractivity contribution in [1.29, 1.82) is 0 Å². The first kappa shape index (κ1) is 17.0. The summed E-state index contributed by atoms with van der Waals surface area (Å²) in [6.07, 6.45) is 1.11. The van der Waals surface area contributed by atoms with Crippen molar-refractivity contribution in [3.63, 3.8) is 0 Å². The van der Waals surface area contributed by atoms with Gasteiger partial charge in [-0.1, -0.05) is 30.3 Å². The second-order valence-electron chi connectivity index (χ2n) is 5.97. The van der Waals surface area contributed by atoms with E-state index < -0.39 is 0 Å². The Morgan fingerprint density at radius 1 is 1.12 bits per heavy atom. The van der Waals surface area contributed by atoms with E-state index >= 15 is 0 Å². The standard InChI is InChI=1S/C19H19IN2O2/c20-16-6-8-17(9-7-16)21-19(24)15-12-18(23)22(13-15)11-10-14-4-2-1-3-5-14/h1-9,15H,10-13H2,(H,21,24)/t15-/m1/s1. The van der Waals surface area contributed by atoms with Crippen molar-refractivity contribution in [3.05, 3.63) is 63.7 Å². The van der Waals surface area contributed by atoms with Crippen molar-refractivity contribution < 1.29 is 9.59 Å². The lowest BCUT2D eigenvalue weighted by molar-refractivity contribution is -0.128. The van der Waals surface area contributed by atoms with E-state index in [2.05, 4.69) is 40.0 Å². The molecule has 2 amide bonds. The van der Waals surface area contributed by atoms with Gasteiger partial charge in [0.15, 0.2) is 0 Å². The summed E-state index contributed by atoms with van der Waals surface area (Å²) in [4.78, 5) is 26.3. The Hall–Kier alpha value is -1.89. The highest BCUT2D eigenvalue weighted by atomic mass is 127. The third-order valence-corrected chi connectivity index (χ3v) is 4.93. The highest BCUT2D eigenvalue weighted by Gasteiger charge is 2.33. The van der Waals surface area contributed by atoms with Gasteiger partial charge in [-0.05, 0) is 58.8 Å². The lowest BCUT2D eigenvalue weighted by Gasteiger charge is -2.16. The molecular weight excluding hydrogens is 415 g/mol. The maximum absolute atomic E-state index is 12.4. The van der Waals surface area contributed by atoms with E-state index in [0.29, 0.717) is 19.5 Å². The number of benzene rings is 2. The number of likely N-dealkylation sites (tertiary alicyclic amines) is 1. The molecule has 1 saturated heterocycles. The van der Waals surface area contributed by atoms with Crippen LogP contribution in [-0.2, 0) is 16.0 Å². The monoisotopic (exact) mass is 434 g/mol. The molecule has 24 heavy (non-hydrogen) atoms. The van der Waals surface area contributed by atoms with Gasteiger partial charge in [0.1, 0.15) is 0 Å². The van der Waals surface area contributed by atoms with Crippen LogP contribution in [0.15, 0.2) is 54.6 Å². The first-order valence-electron chi connectivity index (χ1n) is 8.00. The molecule has 4 nitrogen and oxygen atoms in total. The van der Waals surface area contributed by atoms with E-state index in [9.17, 15) is 9.59 Å². The molecule has 1 aliphatic rings. The van der Waals surface area contributed by atoms with Crippen LogP contribution in [0.3, 0.4) is 0 Å². The molecule has 1 atom stereocenters. The van der Waals surface area contributed by atoms with Crippen LogP contribution in [0.1, 0.15) is 12.0 Å². The van der Waals surface area contributed by atoms with Crippen molar-refractivity contribution in [2.75, 3.05) is 18.4 Å². The maximum Gasteiger partial charge on any atom is 0.229 e. The SMILES string of the molecule is O=C(Nc1ccc(I)cc1)[C@@H]1CC(=O)N(CCc2ccccc2)C1. The van der Waals surface area contributed by atoms with Crippen molar-refractivity contribution in [2.45, 2.75) is 12.8 Å². The van der Waals surface area contributed by atoms with Crippen LogP contribution in [0.2, 0.25) is 0 Å². The van der Waals surface area contributed by atoms with Gasteiger partial charge >= 0.3 is 0 Å². The van der Waals surface area contributed by atoms with E-state index in [1.54, 1.807) is 4.90 Å². The number of rotatable bonds is 5. The van der Waals surface area contributed by atoms with Crippen LogP contribution in [0, 0.1) is 9.49 Å². The number of hydrogen-bond acceptors (Lipinski definition) is 2. The van der Waals surface area contributed by atoms with Gasteiger partial charge in [-0.3, -0.25) is 9.59 Å². The van der Waals surface area contributed by atoms with Crippen LogP contribution in [0.4, 0.5) is 5.69 Å². The Morgan fingerprint density at radius 2 is 1.83 bits per heavy atom. The zero-order valence-electron chi connectivity index (χ0n) is 13.2. The summed E-state index contributed by atoms with van der Waals surface area (Å²) in [6.45, 7) is 1.16.